The first-order chi connectivity index (χ1) is 4.43. The van der Waals surface area contributed by atoms with Gasteiger partial charge >= 0.3 is 0 Å². The zero-order valence-electron chi connectivity index (χ0n) is 5.43. The van der Waals surface area contributed by atoms with Crippen LogP contribution in [0.3, 0.4) is 0 Å². The van der Waals surface area contributed by atoms with Gasteiger partial charge in [-0.3, -0.25) is 0 Å². The third-order valence-corrected chi connectivity index (χ3v) is 4.36. The quantitative estimate of drug-likeness (QED) is 0.469. The maximum Gasteiger partial charge on any atom is 0.0305 e. The van der Waals surface area contributed by atoms with E-state index in [1.54, 1.807) is 19.3 Å². The molecule has 3 aliphatic carbocycles. The van der Waals surface area contributed by atoms with E-state index in [4.69, 9.17) is 0 Å². The molecule has 4 rings (SSSR count). The van der Waals surface area contributed by atoms with Gasteiger partial charge in [-0.15, -0.1) is 0 Å². The van der Waals surface area contributed by atoms with Crippen LogP contribution >= 0.6 is 0 Å². The summed E-state index contributed by atoms with van der Waals surface area (Å²) in [5.41, 5.74) is 0.933. The fourth-order valence-corrected chi connectivity index (χ4v) is 3.49. The Morgan fingerprint density at radius 1 is 1.22 bits per heavy atom. The Hall–Kier alpha value is -0.0400. The topological polar surface area (TPSA) is 21.9 Å². The van der Waals surface area contributed by atoms with Crippen LogP contribution in [0, 0.1) is 17.3 Å². The number of hydrogen-bond donors (Lipinski definition) is 1. The second kappa shape index (κ2) is 0.800. The molecule has 1 saturated heterocycles. The SMILES string of the molecule is C1CC2C1CC21C2NC21. The summed E-state index contributed by atoms with van der Waals surface area (Å²) in [5.74, 6) is 2.40. The van der Waals surface area contributed by atoms with Crippen LogP contribution in [0.5, 0.6) is 0 Å². The number of hydrogen-bond acceptors (Lipinski definition) is 1. The first-order valence-corrected chi connectivity index (χ1v) is 4.19. The van der Waals surface area contributed by atoms with Gasteiger partial charge in [-0.05, 0) is 31.1 Å². The molecule has 9 heavy (non-hydrogen) atoms. The van der Waals surface area contributed by atoms with Gasteiger partial charge in [0.25, 0.3) is 0 Å². The van der Waals surface area contributed by atoms with Crippen LogP contribution in [0.2, 0.25) is 0 Å². The second-order valence-electron chi connectivity index (χ2n) is 4.38. The molecule has 1 spiro atoms. The molecule has 0 radical (unpaired) electrons. The van der Waals surface area contributed by atoms with Crippen LogP contribution in [0.25, 0.3) is 0 Å². The largest absolute Gasteiger partial charge is 0.307 e. The summed E-state index contributed by atoms with van der Waals surface area (Å²) in [6.07, 6.45) is 4.73. The molecular formula is C8H11N. The molecule has 1 N–H and O–H groups in total. The van der Waals surface area contributed by atoms with Crippen LogP contribution in [-0.2, 0) is 0 Å². The van der Waals surface area contributed by atoms with Crippen molar-refractivity contribution < 1.29 is 0 Å². The molecule has 0 amide bonds. The second-order valence-corrected chi connectivity index (χ2v) is 4.38. The third-order valence-electron chi connectivity index (χ3n) is 4.36. The highest BCUT2D eigenvalue weighted by Gasteiger charge is 2.85. The third kappa shape index (κ3) is 0.219. The molecule has 1 heteroatoms. The summed E-state index contributed by atoms with van der Waals surface area (Å²) >= 11 is 0. The van der Waals surface area contributed by atoms with Crippen LogP contribution in [-0.4, -0.2) is 12.1 Å². The van der Waals surface area contributed by atoms with Gasteiger partial charge in [0.2, 0.25) is 0 Å². The van der Waals surface area contributed by atoms with Gasteiger partial charge in [0.05, 0.1) is 0 Å². The van der Waals surface area contributed by atoms with Crippen molar-refractivity contribution in [3.63, 3.8) is 0 Å². The van der Waals surface area contributed by atoms with Crippen molar-refractivity contribution in [2.24, 2.45) is 17.3 Å². The summed E-state index contributed by atoms with van der Waals surface area (Å²) in [4.78, 5) is 0. The maximum atomic E-state index is 3.47. The van der Waals surface area contributed by atoms with E-state index in [1.165, 1.54) is 11.8 Å². The Bertz CT molecular complexity index is 191. The zero-order valence-corrected chi connectivity index (χ0v) is 5.43. The number of fused-ring (bicyclic) bond motifs is 5. The Morgan fingerprint density at radius 2 is 2.11 bits per heavy atom. The predicted octanol–water partition coefficient (Wildman–Crippen LogP) is 0.757. The highest BCUT2D eigenvalue weighted by atomic mass is 15.3. The van der Waals surface area contributed by atoms with Gasteiger partial charge in [-0.25, -0.2) is 0 Å². The molecule has 4 fully saturated rings. The van der Waals surface area contributed by atoms with Crippen LogP contribution in [0.15, 0.2) is 0 Å². The van der Waals surface area contributed by atoms with Crippen molar-refractivity contribution in [1.29, 1.82) is 0 Å². The predicted molar refractivity (Wildman–Crippen MR) is 34.0 cm³/mol. The molecule has 4 unspecified atom stereocenters. The summed E-state index contributed by atoms with van der Waals surface area (Å²) in [6.45, 7) is 0. The van der Waals surface area contributed by atoms with Gasteiger partial charge in [-0.2, -0.15) is 0 Å². The molecule has 1 aliphatic heterocycles. The summed E-state index contributed by atoms with van der Waals surface area (Å²) < 4.78 is 0. The lowest BCUT2D eigenvalue weighted by atomic mass is 9.49. The van der Waals surface area contributed by atoms with Gasteiger partial charge < -0.3 is 5.32 Å². The lowest BCUT2D eigenvalue weighted by Crippen LogP contribution is -2.53. The summed E-state index contributed by atoms with van der Waals surface area (Å²) in [6, 6.07) is 2.05. The molecule has 48 valence electrons. The smallest absolute Gasteiger partial charge is 0.0305 e. The molecule has 1 heterocycles. The van der Waals surface area contributed by atoms with Gasteiger partial charge in [0.1, 0.15) is 0 Å². The zero-order chi connectivity index (χ0) is 5.64. The van der Waals surface area contributed by atoms with Gasteiger partial charge in [0, 0.05) is 17.5 Å². The minimum Gasteiger partial charge on any atom is -0.307 e. The van der Waals surface area contributed by atoms with Crippen LogP contribution < -0.4 is 5.32 Å². The fourth-order valence-electron chi connectivity index (χ4n) is 3.49. The number of rotatable bonds is 0. The van der Waals surface area contributed by atoms with Crippen molar-refractivity contribution in [3.8, 4) is 0 Å². The Kier molecular flexibility index (Phi) is 0.353. The Labute approximate surface area is 54.8 Å². The fraction of sp³-hybridized carbons (Fsp3) is 1.00. The first kappa shape index (κ1) is 3.97. The van der Waals surface area contributed by atoms with Crippen molar-refractivity contribution in [2.45, 2.75) is 31.3 Å². The molecule has 4 aliphatic rings. The minimum atomic E-state index is 0.933. The van der Waals surface area contributed by atoms with Crippen LogP contribution in [0.4, 0.5) is 0 Å². The van der Waals surface area contributed by atoms with E-state index in [-0.39, 0.29) is 0 Å². The lowest BCUT2D eigenvalue weighted by Gasteiger charge is -2.57. The molecule has 1 nitrogen and oxygen atoms in total. The van der Waals surface area contributed by atoms with E-state index in [9.17, 15) is 0 Å². The highest BCUT2D eigenvalue weighted by Crippen LogP contribution is 2.79. The van der Waals surface area contributed by atoms with Crippen molar-refractivity contribution in [2.75, 3.05) is 0 Å². The average Bonchev–Trinajstić information content (AvgIpc) is 2.59. The van der Waals surface area contributed by atoms with E-state index in [0.29, 0.717) is 0 Å². The molecule has 3 saturated carbocycles. The van der Waals surface area contributed by atoms with Crippen molar-refractivity contribution in [1.82, 2.24) is 5.32 Å². The van der Waals surface area contributed by atoms with E-state index in [1.807, 2.05) is 0 Å². The molecule has 4 atom stereocenters. The molecular weight excluding hydrogens is 110 g/mol. The molecule has 0 aromatic rings. The van der Waals surface area contributed by atoms with E-state index in [2.05, 4.69) is 5.32 Å². The monoisotopic (exact) mass is 121 g/mol. The average molecular weight is 121 g/mol. The molecule has 0 aromatic heterocycles. The molecule has 0 aromatic carbocycles. The first-order valence-electron chi connectivity index (χ1n) is 4.19. The maximum absolute atomic E-state index is 3.47. The van der Waals surface area contributed by atoms with Crippen molar-refractivity contribution >= 4 is 0 Å². The van der Waals surface area contributed by atoms with Gasteiger partial charge in [0.15, 0.2) is 0 Å². The standard InChI is InChI=1S/C8H11N/c1-2-5-4(1)3-8(5)6-7(8)9-6/h4-7,9H,1-3H2. The Morgan fingerprint density at radius 3 is 2.22 bits per heavy atom. The summed E-state index contributed by atoms with van der Waals surface area (Å²) in [5, 5.41) is 3.47. The van der Waals surface area contributed by atoms with Crippen molar-refractivity contribution in [3.05, 3.63) is 0 Å². The normalized spacial score (nSPS) is 80.0. The highest BCUT2D eigenvalue weighted by molar-refractivity contribution is 5.41. The lowest BCUT2D eigenvalue weighted by molar-refractivity contribution is -0.0712. The van der Waals surface area contributed by atoms with E-state index >= 15 is 0 Å². The van der Waals surface area contributed by atoms with E-state index < -0.39 is 0 Å². The van der Waals surface area contributed by atoms with Gasteiger partial charge in [-0.1, -0.05) is 0 Å². The summed E-state index contributed by atoms with van der Waals surface area (Å²) in [7, 11) is 0. The number of nitrogens with one attached hydrogen (secondary N) is 1. The molecule has 0 bridgehead atoms. The minimum absolute atomic E-state index is 0.933. The Balaban J connectivity index is 1.74. The van der Waals surface area contributed by atoms with E-state index in [0.717, 1.165) is 17.5 Å². The van der Waals surface area contributed by atoms with Crippen LogP contribution in [0.1, 0.15) is 19.3 Å².